The van der Waals surface area contributed by atoms with Crippen LogP contribution in [-0.4, -0.2) is 23.6 Å². The molecular formula is C19H18FNO4. The first kappa shape index (κ1) is 17.0. The molecule has 0 fully saturated rings. The van der Waals surface area contributed by atoms with Crippen molar-refractivity contribution >= 4 is 11.9 Å². The lowest BCUT2D eigenvalue weighted by Gasteiger charge is -2.27. The molecule has 2 atom stereocenters. The van der Waals surface area contributed by atoms with Gasteiger partial charge in [0.2, 0.25) is 5.91 Å². The van der Waals surface area contributed by atoms with Crippen molar-refractivity contribution in [2.45, 2.75) is 24.8 Å². The summed E-state index contributed by atoms with van der Waals surface area (Å²) in [6.45, 7) is 0.426. The van der Waals surface area contributed by atoms with Crippen LogP contribution in [0.1, 0.15) is 35.9 Å². The molecule has 25 heavy (non-hydrogen) atoms. The Morgan fingerprint density at radius 2 is 1.92 bits per heavy atom. The third-order valence-electron chi connectivity index (χ3n) is 4.24. The fourth-order valence-corrected chi connectivity index (χ4v) is 3.01. The molecule has 0 spiro atoms. The predicted octanol–water partition coefficient (Wildman–Crippen LogP) is 3.02. The van der Waals surface area contributed by atoms with Crippen LogP contribution < -0.4 is 10.1 Å². The molecule has 5 nitrogen and oxygen atoms in total. The van der Waals surface area contributed by atoms with Gasteiger partial charge in [-0.1, -0.05) is 30.3 Å². The van der Waals surface area contributed by atoms with E-state index in [-0.39, 0.29) is 12.3 Å². The van der Waals surface area contributed by atoms with Gasteiger partial charge in [0.25, 0.3) is 0 Å². The second kappa shape index (κ2) is 7.34. The summed E-state index contributed by atoms with van der Waals surface area (Å²) < 4.78 is 18.7. The van der Waals surface area contributed by atoms with Crippen molar-refractivity contribution in [3.05, 3.63) is 65.5 Å². The maximum absolute atomic E-state index is 13.1. The molecule has 2 aromatic rings. The average molecular weight is 343 g/mol. The Bertz CT molecular complexity index is 775. The number of carbonyl (C=O) groups is 2. The lowest BCUT2D eigenvalue weighted by Crippen LogP contribution is -2.36. The largest absolute Gasteiger partial charge is 0.493 e. The number of rotatable bonds is 5. The van der Waals surface area contributed by atoms with E-state index in [4.69, 9.17) is 9.84 Å². The van der Waals surface area contributed by atoms with Crippen LogP contribution in [0.15, 0.2) is 48.5 Å². The zero-order chi connectivity index (χ0) is 17.8. The molecule has 3 rings (SSSR count). The van der Waals surface area contributed by atoms with Gasteiger partial charge in [0.1, 0.15) is 11.6 Å². The van der Waals surface area contributed by atoms with Crippen molar-refractivity contribution in [1.29, 1.82) is 0 Å². The van der Waals surface area contributed by atoms with Crippen LogP contribution in [-0.2, 0) is 9.59 Å². The van der Waals surface area contributed by atoms with Gasteiger partial charge in [0.15, 0.2) is 0 Å². The molecule has 1 aliphatic rings. The zero-order valence-corrected chi connectivity index (χ0v) is 13.4. The highest BCUT2D eigenvalue weighted by Crippen LogP contribution is 2.34. The zero-order valence-electron chi connectivity index (χ0n) is 13.4. The van der Waals surface area contributed by atoms with Crippen molar-refractivity contribution in [1.82, 2.24) is 5.32 Å². The fraction of sp³-hybridized carbons (Fsp3) is 0.263. The third-order valence-corrected chi connectivity index (χ3v) is 4.24. The fourth-order valence-electron chi connectivity index (χ4n) is 3.01. The Hall–Kier alpha value is -2.89. The summed E-state index contributed by atoms with van der Waals surface area (Å²) in [5.41, 5.74) is 1.34. The second-order valence-corrected chi connectivity index (χ2v) is 5.94. The first-order valence-corrected chi connectivity index (χ1v) is 8.04. The molecule has 2 aromatic carbocycles. The summed E-state index contributed by atoms with van der Waals surface area (Å²) in [6, 6.07) is 12.1. The Morgan fingerprint density at radius 1 is 1.20 bits per heavy atom. The van der Waals surface area contributed by atoms with E-state index in [9.17, 15) is 14.0 Å². The van der Waals surface area contributed by atoms with Crippen LogP contribution in [0.5, 0.6) is 5.75 Å². The number of hydrogen-bond acceptors (Lipinski definition) is 3. The predicted molar refractivity (Wildman–Crippen MR) is 88.8 cm³/mol. The quantitative estimate of drug-likeness (QED) is 0.875. The molecule has 0 radical (unpaired) electrons. The third kappa shape index (κ3) is 3.96. The minimum Gasteiger partial charge on any atom is -0.493 e. The Morgan fingerprint density at radius 3 is 2.64 bits per heavy atom. The highest BCUT2D eigenvalue weighted by Gasteiger charge is 2.29. The van der Waals surface area contributed by atoms with Crippen LogP contribution in [0.25, 0.3) is 0 Å². The van der Waals surface area contributed by atoms with E-state index in [1.54, 1.807) is 0 Å². The minimum absolute atomic E-state index is 0.258. The molecule has 0 bridgehead atoms. The van der Waals surface area contributed by atoms with E-state index in [2.05, 4.69) is 5.32 Å². The SMILES string of the molecule is O=C(O)C[C@@H](NC(=O)[C@@H]1CCOc2ccccc21)c1ccc(F)cc1. The van der Waals surface area contributed by atoms with Crippen LogP contribution >= 0.6 is 0 Å². The van der Waals surface area contributed by atoms with Crippen molar-refractivity contribution in [2.24, 2.45) is 0 Å². The maximum atomic E-state index is 13.1. The van der Waals surface area contributed by atoms with Crippen molar-refractivity contribution < 1.29 is 23.8 Å². The van der Waals surface area contributed by atoms with Crippen LogP contribution in [0, 0.1) is 5.82 Å². The number of ether oxygens (including phenoxy) is 1. The molecule has 2 N–H and O–H groups in total. The number of carboxylic acids is 1. The summed E-state index contributed by atoms with van der Waals surface area (Å²) in [5, 5.41) is 11.9. The Kier molecular flexibility index (Phi) is 4.97. The molecule has 1 aliphatic heterocycles. The summed E-state index contributed by atoms with van der Waals surface area (Å²) in [7, 11) is 0. The number of aliphatic carboxylic acids is 1. The van der Waals surface area contributed by atoms with Gasteiger partial charge in [-0.25, -0.2) is 4.39 Å². The molecule has 0 aliphatic carbocycles. The topological polar surface area (TPSA) is 75.6 Å². The monoisotopic (exact) mass is 343 g/mol. The number of carbonyl (C=O) groups excluding carboxylic acids is 1. The Labute approximate surface area is 144 Å². The number of para-hydroxylation sites is 1. The first-order valence-electron chi connectivity index (χ1n) is 8.04. The molecular weight excluding hydrogens is 325 g/mol. The van der Waals surface area contributed by atoms with E-state index >= 15 is 0 Å². The smallest absolute Gasteiger partial charge is 0.305 e. The van der Waals surface area contributed by atoms with E-state index < -0.39 is 23.7 Å². The van der Waals surface area contributed by atoms with Gasteiger partial charge >= 0.3 is 5.97 Å². The van der Waals surface area contributed by atoms with Crippen molar-refractivity contribution in [3.63, 3.8) is 0 Å². The molecule has 130 valence electrons. The standard InChI is InChI=1S/C19H18FNO4/c20-13-7-5-12(6-8-13)16(11-18(22)23)21-19(24)15-9-10-25-17-4-2-1-3-14(15)17/h1-8,15-16H,9-11H2,(H,21,24)(H,22,23)/t15-,16-/m1/s1. The van der Waals surface area contributed by atoms with E-state index in [1.807, 2.05) is 24.3 Å². The summed E-state index contributed by atoms with van der Waals surface area (Å²) >= 11 is 0. The molecule has 0 saturated heterocycles. The van der Waals surface area contributed by atoms with Crippen molar-refractivity contribution in [3.8, 4) is 5.75 Å². The molecule has 0 saturated carbocycles. The summed E-state index contributed by atoms with van der Waals surface area (Å²) in [4.78, 5) is 23.9. The average Bonchev–Trinajstić information content (AvgIpc) is 2.61. The van der Waals surface area contributed by atoms with Gasteiger partial charge < -0.3 is 15.2 Å². The van der Waals surface area contributed by atoms with Gasteiger partial charge in [-0.3, -0.25) is 9.59 Å². The number of amides is 1. The number of fused-ring (bicyclic) bond motifs is 1. The molecule has 6 heteroatoms. The van der Waals surface area contributed by atoms with E-state index in [1.165, 1.54) is 24.3 Å². The molecule has 1 amide bonds. The van der Waals surface area contributed by atoms with Gasteiger partial charge in [-0.05, 0) is 30.2 Å². The molecule has 1 heterocycles. The summed E-state index contributed by atoms with van der Waals surface area (Å²) in [5.74, 6) is -1.44. The minimum atomic E-state index is -1.04. The number of nitrogens with one attached hydrogen (secondary N) is 1. The van der Waals surface area contributed by atoms with Crippen LogP contribution in [0.3, 0.4) is 0 Å². The van der Waals surface area contributed by atoms with Gasteiger partial charge in [0, 0.05) is 5.56 Å². The number of benzene rings is 2. The molecule has 0 aromatic heterocycles. The van der Waals surface area contributed by atoms with Gasteiger partial charge in [-0.15, -0.1) is 0 Å². The number of carboxylic acid groups (broad SMARTS) is 1. The normalized spacial score (nSPS) is 17.1. The van der Waals surface area contributed by atoms with Gasteiger partial charge in [0.05, 0.1) is 25.0 Å². The van der Waals surface area contributed by atoms with Crippen molar-refractivity contribution in [2.75, 3.05) is 6.61 Å². The lowest BCUT2D eigenvalue weighted by molar-refractivity contribution is -0.137. The Balaban J connectivity index is 1.81. The highest BCUT2D eigenvalue weighted by atomic mass is 19.1. The van der Waals surface area contributed by atoms with E-state index in [0.717, 1.165) is 5.56 Å². The summed E-state index contributed by atoms with van der Waals surface area (Å²) in [6.07, 6.45) is 0.244. The number of halogens is 1. The first-order chi connectivity index (χ1) is 12.0. The maximum Gasteiger partial charge on any atom is 0.305 e. The van der Waals surface area contributed by atoms with Gasteiger partial charge in [-0.2, -0.15) is 0 Å². The molecule has 0 unspecified atom stereocenters. The van der Waals surface area contributed by atoms with Crippen LogP contribution in [0.2, 0.25) is 0 Å². The number of hydrogen-bond donors (Lipinski definition) is 2. The van der Waals surface area contributed by atoms with E-state index in [0.29, 0.717) is 24.3 Å². The van der Waals surface area contributed by atoms with Crippen LogP contribution in [0.4, 0.5) is 4.39 Å². The second-order valence-electron chi connectivity index (χ2n) is 5.94. The lowest BCUT2D eigenvalue weighted by atomic mass is 9.91. The highest BCUT2D eigenvalue weighted by molar-refractivity contribution is 5.85.